The third kappa shape index (κ3) is 18.2. The van der Waals surface area contributed by atoms with E-state index < -0.39 is 21.5 Å². The second kappa shape index (κ2) is 19.2. The van der Waals surface area contributed by atoms with Gasteiger partial charge in [0.25, 0.3) is 0 Å². The van der Waals surface area contributed by atoms with Gasteiger partial charge in [-0.25, -0.2) is 8.42 Å². The van der Waals surface area contributed by atoms with E-state index in [1.165, 1.54) is 38.5 Å². The van der Waals surface area contributed by atoms with E-state index in [0.717, 1.165) is 44.9 Å². The van der Waals surface area contributed by atoms with Gasteiger partial charge in [-0.15, -0.1) is 0 Å². The molecule has 0 fully saturated rings. The van der Waals surface area contributed by atoms with Gasteiger partial charge in [0.05, 0.1) is 16.2 Å². The number of unbranched alkanes of at least 4 members (excludes halogenated alkanes) is 10. The maximum Gasteiger partial charge on any atom is 1.00 e. The van der Waals surface area contributed by atoms with Gasteiger partial charge >= 0.3 is 29.6 Å². The molecule has 0 aromatic heterocycles. The molecule has 0 aliphatic carbocycles. The van der Waals surface area contributed by atoms with Crippen LogP contribution < -0.4 is 29.6 Å². The van der Waals surface area contributed by atoms with E-state index in [-0.39, 0.29) is 29.6 Å². The molecule has 0 aromatic carbocycles. The second-order valence-electron chi connectivity index (χ2n) is 7.46. The molecule has 0 amide bonds. The van der Waals surface area contributed by atoms with Crippen LogP contribution in [0.3, 0.4) is 0 Å². The summed E-state index contributed by atoms with van der Waals surface area (Å²) in [7, 11) is -4.25. The van der Waals surface area contributed by atoms with Gasteiger partial charge < -0.3 is 9.66 Å². The molecule has 0 radical (unpaired) electrons. The number of aliphatic hydroxyl groups is 1. The number of rotatable bonds is 18. The predicted molar refractivity (Wildman–Crippen MR) is 105 cm³/mol. The molecule has 0 saturated heterocycles. The van der Waals surface area contributed by atoms with Crippen LogP contribution in [-0.4, -0.2) is 29.4 Å². The first-order valence-electron chi connectivity index (χ1n) is 10.5. The Labute approximate surface area is 185 Å². The van der Waals surface area contributed by atoms with Crippen molar-refractivity contribution >= 4 is 10.1 Å². The fourth-order valence-corrected chi connectivity index (χ4v) is 4.15. The fraction of sp³-hybridized carbons (Fsp3) is 1.00. The van der Waals surface area contributed by atoms with Gasteiger partial charge in [-0.3, -0.25) is 0 Å². The first-order valence-corrected chi connectivity index (χ1v) is 12.0. The van der Waals surface area contributed by atoms with Crippen LogP contribution in [0.2, 0.25) is 0 Å². The molecule has 2 atom stereocenters. The molecule has 0 saturated carbocycles. The van der Waals surface area contributed by atoms with Crippen LogP contribution in [0.1, 0.15) is 117 Å². The van der Waals surface area contributed by atoms with E-state index in [9.17, 15) is 18.1 Å². The van der Waals surface area contributed by atoms with Gasteiger partial charge in [0.15, 0.2) is 0 Å². The third-order valence-electron chi connectivity index (χ3n) is 5.00. The molecule has 0 heterocycles. The molecule has 26 heavy (non-hydrogen) atoms. The molecule has 4 nitrogen and oxygen atoms in total. The van der Waals surface area contributed by atoms with E-state index in [1.807, 2.05) is 0 Å². The van der Waals surface area contributed by atoms with Crippen molar-refractivity contribution < 1.29 is 47.6 Å². The van der Waals surface area contributed by atoms with Crippen LogP contribution in [0.15, 0.2) is 0 Å². The summed E-state index contributed by atoms with van der Waals surface area (Å²) in [5.41, 5.74) is 0. The second-order valence-corrected chi connectivity index (χ2v) is 9.11. The zero-order valence-electron chi connectivity index (χ0n) is 17.5. The molecule has 0 rings (SSSR count). The van der Waals surface area contributed by atoms with Crippen molar-refractivity contribution in [3.63, 3.8) is 0 Å². The van der Waals surface area contributed by atoms with Crippen LogP contribution >= 0.6 is 0 Å². The molecular weight excluding hydrogens is 359 g/mol. The zero-order chi connectivity index (χ0) is 19.0. The van der Waals surface area contributed by atoms with Crippen LogP contribution in [0.4, 0.5) is 0 Å². The maximum absolute atomic E-state index is 11.4. The topological polar surface area (TPSA) is 77.4 Å². The van der Waals surface area contributed by atoms with Crippen molar-refractivity contribution in [1.82, 2.24) is 0 Å². The molecule has 0 spiro atoms. The predicted octanol–water partition coefficient (Wildman–Crippen LogP) is 2.55. The summed E-state index contributed by atoms with van der Waals surface area (Å²) in [5, 5.41) is 9.23. The summed E-state index contributed by atoms with van der Waals surface area (Å²) in [6, 6.07) is 0. The molecule has 2 unspecified atom stereocenters. The van der Waals surface area contributed by atoms with Gasteiger partial charge in [0, 0.05) is 5.25 Å². The molecule has 0 aliphatic rings. The largest absolute Gasteiger partial charge is 1.00 e. The molecular formula is C20H41NaO4S. The molecule has 0 aromatic rings. The summed E-state index contributed by atoms with van der Waals surface area (Å²) in [6.07, 6.45) is 15.2. The first kappa shape index (κ1) is 29.1. The summed E-state index contributed by atoms with van der Waals surface area (Å²) < 4.78 is 34.1. The minimum absolute atomic E-state index is 0. The average Bonchev–Trinajstić information content (AvgIpc) is 2.55. The Balaban J connectivity index is 0. The number of hydrogen-bond donors (Lipinski definition) is 1. The average molecular weight is 401 g/mol. The van der Waals surface area contributed by atoms with Crippen molar-refractivity contribution in [3.8, 4) is 0 Å². The Bertz CT molecular complexity index is 387. The van der Waals surface area contributed by atoms with Gasteiger partial charge in [-0.05, 0) is 25.7 Å². The zero-order valence-corrected chi connectivity index (χ0v) is 20.4. The van der Waals surface area contributed by atoms with E-state index in [2.05, 4.69) is 13.8 Å². The van der Waals surface area contributed by atoms with Gasteiger partial charge in [-0.2, -0.15) is 0 Å². The number of hydrogen-bond acceptors (Lipinski definition) is 4. The van der Waals surface area contributed by atoms with E-state index in [4.69, 9.17) is 0 Å². The smallest absolute Gasteiger partial charge is 0.748 e. The summed E-state index contributed by atoms with van der Waals surface area (Å²) >= 11 is 0. The van der Waals surface area contributed by atoms with Crippen LogP contribution in [0, 0.1) is 0 Å². The third-order valence-corrected chi connectivity index (χ3v) is 6.29. The van der Waals surface area contributed by atoms with Crippen LogP contribution in [-0.2, 0) is 10.1 Å². The standard InChI is InChI=1S/C20H42O4S.Na/c1-3-5-7-9-10-11-12-13-15-19(21)17-18-20(25(22,23)24)16-14-8-6-4-2;/h19-21H,3-18H2,1-2H3,(H,22,23,24);/q;+1/p-1. The van der Waals surface area contributed by atoms with E-state index >= 15 is 0 Å². The first-order chi connectivity index (χ1) is 11.9. The molecule has 0 bridgehead atoms. The minimum atomic E-state index is -4.25. The molecule has 6 heteroatoms. The molecule has 0 aliphatic heterocycles. The van der Waals surface area contributed by atoms with Crippen LogP contribution in [0.25, 0.3) is 0 Å². The Hall–Kier alpha value is 0.870. The Morgan fingerprint density at radius 2 is 1.12 bits per heavy atom. The van der Waals surface area contributed by atoms with Crippen molar-refractivity contribution in [2.45, 2.75) is 128 Å². The SMILES string of the molecule is CCCCCCCCCCC(O)CCC(CCCCCC)S(=O)(=O)[O-].[Na+]. The molecule has 1 N–H and O–H groups in total. The fourth-order valence-electron chi connectivity index (χ4n) is 3.27. The van der Waals surface area contributed by atoms with Gasteiger partial charge in [0.2, 0.25) is 0 Å². The number of aliphatic hydroxyl groups excluding tert-OH is 1. The molecule has 152 valence electrons. The Kier molecular flexibility index (Phi) is 21.5. The Morgan fingerprint density at radius 3 is 1.62 bits per heavy atom. The van der Waals surface area contributed by atoms with Gasteiger partial charge in [0.1, 0.15) is 0 Å². The van der Waals surface area contributed by atoms with E-state index in [0.29, 0.717) is 19.3 Å². The summed E-state index contributed by atoms with van der Waals surface area (Å²) in [5.74, 6) is 0. The summed E-state index contributed by atoms with van der Waals surface area (Å²) in [4.78, 5) is 0. The van der Waals surface area contributed by atoms with Crippen molar-refractivity contribution in [3.05, 3.63) is 0 Å². The quantitative estimate of drug-likeness (QED) is 0.218. The van der Waals surface area contributed by atoms with E-state index in [1.54, 1.807) is 0 Å². The minimum Gasteiger partial charge on any atom is -0.748 e. The summed E-state index contributed by atoms with van der Waals surface area (Å²) in [6.45, 7) is 4.32. The van der Waals surface area contributed by atoms with Crippen LogP contribution in [0.5, 0.6) is 0 Å². The van der Waals surface area contributed by atoms with Crippen molar-refractivity contribution in [2.24, 2.45) is 0 Å². The monoisotopic (exact) mass is 400 g/mol. The Morgan fingerprint density at radius 1 is 0.692 bits per heavy atom. The van der Waals surface area contributed by atoms with Crippen molar-refractivity contribution in [2.75, 3.05) is 0 Å². The maximum atomic E-state index is 11.4. The normalized spacial score (nSPS) is 14.0. The van der Waals surface area contributed by atoms with Crippen molar-refractivity contribution in [1.29, 1.82) is 0 Å². The van der Waals surface area contributed by atoms with Gasteiger partial charge in [-0.1, -0.05) is 90.9 Å².